The van der Waals surface area contributed by atoms with Gasteiger partial charge in [-0.25, -0.2) is 0 Å². The van der Waals surface area contributed by atoms with E-state index in [1.165, 1.54) is 6.42 Å². The van der Waals surface area contributed by atoms with Crippen LogP contribution in [0.2, 0.25) is 0 Å². The van der Waals surface area contributed by atoms with Crippen molar-refractivity contribution in [2.24, 2.45) is 0 Å². The van der Waals surface area contributed by atoms with Crippen LogP contribution in [0, 0.1) is 0 Å². The number of aromatic nitrogens is 1. The molecule has 1 atom stereocenters. The number of carbonyl (C=O) groups excluding carboxylic acids is 2. The first-order valence-corrected chi connectivity index (χ1v) is 8.38. The number of hydrogen-bond donors (Lipinski definition) is 1. The molecule has 120 valence electrons. The third-order valence-electron chi connectivity index (χ3n) is 5.05. The van der Waals surface area contributed by atoms with Crippen molar-refractivity contribution >= 4 is 11.8 Å². The predicted molar refractivity (Wildman–Crippen MR) is 84.5 cm³/mol. The van der Waals surface area contributed by atoms with Crippen LogP contribution in [0.25, 0.3) is 0 Å². The molecule has 1 saturated heterocycles. The van der Waals surface area contributed by atoms with Gasteiger partial charge in [0.15, 0.2) is 0 Å². The molecule has 1 aliphatic heterocycles. The minimum Gasteiger partial charge on any atom is -0.367 e. The number of hydrogen-bond acceptors (Lipinski definition) is 2. The van der Waals surface area contributed by atoms with Crippen LogP contribution in [-0.2, 0) is 4.79 Å². The second-order valence-corrected chi connectivity index (χ2v) is 6.49. The van der Waals surface area contributed by atoms with Gasteiger partial charge in [-0.1, -0.05) is 0 Å². The first-order chi connectivity index (χ1) is 10.7. The number of nitrogens with one attached hydrogen (secondary N) is 1. The monoisotopic (exact) mass is 303 g/mol. The molecule has 1 aromatic rings. The fourth-order valence-electron chi connectivity index (χ4n) is 3.68. The Hall–Kier alpha value is -1.78. The average Bonchev–Trinajstić information content (AvgIpc) is 2.87. The van der Waals surface area contributed by atoms with Crippen molar-refractivity contribution in [3.8, 4) is 0 Å². The average molecular weight is 303 g/mol. The molecule has 2 aliphatic rings. The first-order valence-electron chi connectivity index (χ1n) is 8.38. The number of carbonyl (C=O) groups is 2. The van der Waals surface area contributed by atoms with Crippen molar-refractivity contribution in [1.82, 2.24) is 14.8 Å². The van der Waals surface area contributed by atoms with Gasteiger partial charge in [0.05, 0.1) is 5.56 Å². The molecule has 1 N–H and O–H groups in total. The molecule has 0 spiro atoms. The summed E-state index contributed by atoms with van der Waals surface area (Å²) in [5.41, 5.74) is 0.723. The number of H-pyrrole nitrogens is 1. The molecule has 0 bridgehead atoms. The van der Waals surface area contributed by atoms with E-state index in [0.717, 1.165) is 50.8 Å². The zero-order chi connectivity index (χ0) is 15.5. The van der Waals surface area contributed by atoms with E-state index in [1.807, 2.05) is 11.0 Å². The normalized spacial score (nSPS) is 22.8. The second kappa shape index (κ2) is 6.55. The molecule has 2 heterocycles. The van der Waals surface area contributed by atoms with Crippen LogP contribution in [0.5, 0.6) is 0 Å². The van der Waals surface area contributed by atoms with E-state index in [-0.39, 0.29) is 11.8 Å². The van der Waals surface area contributed by atoms with E-state index in [9.17, 15) is 9.59 Å². The first kappa shape index (κ1) is 15.1. The summed E-state index contributed by atoms with van der Waals surface area (Å²) < 4.78 is 0. The fourth-order valence-corrected chi connectivity index (χ4v) is 3.68. The van der Waals surface area contributed by atoms with E-state index < -0.39 is 0 Å². The fraction of sp³-hybridized carbons (Fsp3) is 0.647. The van der Waals surface area contributed by atoms with Crippen molar-refractivity contribution in [2.45, 2.75) is 57.5 Å². The highest BCUT2D eigenvalue weighted by atomic mass is 16.2. The third-order valence-corrected chi connectivity index (χ3v) is 5.05. The minimum absolute atomic E-state index is 0.0971. The molecule has 2 amide bonds. The molecule has 0 aromatic carbocycles. The van der Waals surface area contributed by atoms with Crippen molar-refractivity contribution in [2.75, 3.05) is 13.1 Å². The van der Waals surface area contributed by atoms with Crippen molar-refractivity contribution in [1.29, 1.82) is 0 Å². The van der Waals surface area contributed by atoms with Gasteiger partial charge in [-0.3, -0.25) is 9.59 Å². The molecule has 3 rings (SSSR count). The Kier molecular flexibility index (Phi) is 4.50. The van der Waals surface area contributed by atoms with Crippen LogP contribution in [0.1, 0.15) is 55.8 Å². The predicted octanol–water partition coefficient (Wildman–Crippen LogP) is 2.41. The van der Waals surface area contributed by atoms with Crippen LogP contribution < -0.4 is 0 Å². The number of amides is 2. The van der Waals surface area contributed by atoms with Crippen LogP contribution in [0.3, 0.4) is 0 Å². The summed E-state index contributed by atoms with van der Waals surface area (Å²) >= 11 is 0. The number of rotatable bonds is 3. The number of nitrogens with zero attached hydrogens (tertiary/aromatic N) is 2. The van der Waals surface area contributed by atoms with E-state index in [4.69, 9.17) is 0 Å². The summed E-state index contributed by atoms with van der Waals surface area (Å²) in [4.78, 5) is 31.5. The zero-order valence-electron chi connectivity index (χ0n) is 13.3. The highest BCUT2D eigenvalue weighted by molar-refractivity contribution is 5.94. The summed E-state index contributed by atoms with van der Waals surface area (Å²) in [6, 6.07) is 2.56. The summed E-state index contributed by atoms with van der Waals surface area (Å²) in [7, 11) is 0. The van der Waals surface area contributed by atoms with Crippen molar-refractivity contribution < 1.29 is 9.59 Å². The maximum Gasteiger partial charge on any atom is 0.255 e. The quantitative estimate of drug-likeness (QED) is 0.932. The summed E-state index contributed by atoms with van der Waals surface area (Å²) in [6.07, 6.45) is 9.92. The molecule has 5 nitrogen and oxygen atoms in total. The number of aromatic amines is 1. The standard InChI is InChI=1S/C17H25N3O2/c1-13(21)20(15-4-2-5-15)16-6-3-10-19(11-8-16)17(22)14-7-9-18-12-14/h7,9,12,15-16,18H,2-6,8,10-11H2,1H3. The van der Waals surface area contributed by atoms with Crippen LogP contribution in [-0.4, -0.2) is 51.8 Å². The molecule has 1 unspecified atom stereocenters. The maximum absolute atomic E-state index is 12.5. The third kappa shape index (κ3) is 3.03. The molecule has 0 radical (unpaired) electrons. The smallest absolute Gasteiger partial charge is 0.255 e. The Labute approximate surface area is 131 Å². The summed E-state index contributed by atoms with van der Waals surface area (Å²) in [5, 5.41) is 0. The highest BCUT2D eigenvalue weighted by Crippen LogP contribution is 2.30. The Bertz CT molecular complexity index is 522. The Morgan fingerprint density at radius 1 is 1.14 bits per heavy atom. The van der Waals surface area contributed by atoms with Crippen LogP contribution in [0.15, 0.2) is 18.5 Å². The zero-order valence-corrected chi connectivity index (χ0v) is 13.3. The van der Waals surface area contributed by atoms with Gasteiger partial charge in [-0.2, -0.15) is 0 Å². The van der Waals surface area contributed by atoms with Gasteiger partial charge in [0.25, 0.3) is 5.91 Å². The molecular weight excluding hydrogens is 278 g/mol. The highest BCUT2D eigenvalue weighted by Gasteiger charge is 2.33. The lowest BCUT2D eigenvalue weighted by Gasteiger charge is -2.42. The van der Waals surface area contributed by atoms with Gasteiger partial charge < -0.3 is 14.8 Å². The molecule has 1 aromatic heterocycles. The van der Waals surface area contributed by atoms with Gasteiger partial charge in [-0.05, 0) is 44.6 Å². The molecular formula is C17H25N3O2. The summed E-state index contributed by atoms with van der Waals surface area (Å²) in [5.74, 6) is 0.292. The van der Waals surface area contributed by atoms with E-state index in [2.05, 4.69) is 9.88 Å². The topological polar surface area (TPSA) is 56.4 Å². The van der Waals surface area contributed by atoms with Crippen molar-refractivity contribution in [3.05, 3.63) is 24.0 Å². The maximum atomic E-state index is 12.5. The molecule has 1 aliphatic carbocycles. The second-order valence-electron chi connectivity index (χ2n) is 6.49. The molecule has 5 heteroatoms. The van der Waals surface area contributed by atoms with Crippen LogP contribution >= 0.6 is 0 Å². The lowest BCUT2D eigenvalue weighted by Crippen LogP contribution is -2.49. The Morgan fingerprint density at radius 2 is 1.86 bits per heavy atom. The van der Waals surface area contributed by atoms with Gasteiger partial charge in [0.1, 0.15) is 0 Å². The SMILES string of the molecule is CC(=O)N(C1CCC1)C1CCCN(C(=O)c2cc[nH]c2)CC1. The van der Waals surface area contributed by atoms with Gasteiger partial charge in [0, 0.05) is 44.5 Å². The number of likely N-dealkylation sites (tertiary alicyclic amines) is 1. The van der Waals surface area contributed by atoms with Gasteiger partial charge >= 0.3 is 0 Å². The van der Waals surface area contributed by atoms with Crippen LogP contribution in [0.4, 0.5) is 0 Å². The molecule has 2 fully saturated rings. The Morgan fingerprint density at radius 3 is 2.45 bits per heavy atom. The lowest BCUT2D eigenvalue weighted by molar-refractivity contribution is -0.136. The molecule has 1 saturated carbocycles. The van der Waals surface area contributed by atoms with Gasteiger partial charge in [0.2, 0.25) is 5.91 Å². The molecule has 22 heavy (non-hydrogen) atoms. The Balaban J connectivity index is 1.64. The largest absolute Gasteiger partial charge is 0.367 e. The van der Waals surface area contributed by atoms with E-state index in [1.54, 1.807) is 19.3 Å². The lowest BCUT2D eigenvalue weighted by atomic mass is 9.89. The summed E-state index contributed by atoms with van der Waals surface area (Å²) in [6.45, 7) is 3.22. The minimum atomic E-state index is 0.0971. The van der Waals surface area contributed by atoms with Gasteiger partial charge in [-0.15, -0.1) is 0 Å². The van der Waals surface area contributed by atoms with E-state index >= 15 is 0 Å². The van der Waals surface area contributed by atoms with E-state index in [0.29, 0.717) is 12.1 Å². The van der Waals surface area contributed by atoms with Crippen molar-refractivity contribution in [3.63, 3.8) is 0 Å².